The highest BCUT2D eigenvalue weighted by molar-refractivity contribution is 5.73. The number of nitrogens with one attached hydrogen (secondary N) is 1. The number of benzene rings is 1. The molecule has 25 heavy (non-hydrogen) atoms. The molecule has 1 saturated heterocycles. The predicted molar refractivity (Wildman–Crippen MR) is 86.1 cm³/mol. The molecule has 0 bridgehead atoms. The number of amides is 1. The lowest BCUT2D eigenvalue weighted by Gasteiger charge is -2.42. The number of hydrogen-bond acceptors (Lipinski definition) is 7. The summed E-state index contributed by atoms with van der Waals surface area (Å²) in [5, 5.41) is 40.4. The number of hydrogen-bond donors (Lipinski definition) is 4. The standard InChI is InChI=1S/C16H20N4O5/c1-9(22)17-13-15(24)14(23)12(8-21)25-16(13)20-7-11(18-19-20)10-5-3-2-4-6-10/h2-7,12-16,21,23-24H,8H2,1H3,(H,17,22)/t12-,13-,14-,15-,16-/m1/s1. The Morgan fingerprint density at radius 1 is 1.28 bits per heavy atom. The second-order valence-electron chi connectivity index (χ2n) is 5.90. The number of carbonyl (C=O) groups excluding carboxylic acids is 1. The highest BCUT2D eigenvalue weighted by Crippen LogP contribution is 2.29. The number of aliphatic hydroxyl groups excluding tert-OH is 3. The molecule has 0 saturated carbocycles. The minimum Gasteiger partial charge on any atom is -0.394 e. The number of carbonyl (C=O) groups is 1. The Bertz CT molecular complexity index is 722. The lowest BCUT2D eigenvalue weighted by molar-refractivity contribution is -0.219. The highest BCUT2D eigenvalue weighted by Gasteiger charge is 2.46. The maximum absolute atomic E-state index is 11.5. The van der Waals surface area contributed by atoms with E-state index in [2.05, 4.69) is 15.6 Å². The van der Waals surface area contributed by atoms with E-state index in [1.807, 2.05) is 30.3 Å². The van der Waals surface area contributed by atoms with Gasteiger partial charge < -0.3 is 25.4 Å². The van der Waals surface area contributed by atoms with Crippen molar-refractivity contribution in [1.82, 2.24) is 20.3 Å². The molecule has 134 valence electrons. The summed E-state index contributed by atoms with van der Waals surface area (Å²) in [6.07, 6.45) is -2.98. The van der Waals surface area contributed by atoms with Gasteiger partial charge in [-0.25, -0.2) is 4.68 Å². The van der Waals surface area contributed by atoms with Crippen molar-refractivity contribution in [3.8, 4) is 11.3 Å². The summed E-state index contributed by atoms with van der Waals surface area (Å²) in [7, 11) is 0. The first-order valence-corrected chi connectivity index (χ1v) is 7.88. The molecule has 3 rings (SSSR count). The van der Waals surface area contributed by atoms with Crippen molar-refractivity contribution in [3.05, 3.63) is 36.5 Å². The Balaban J connectivity index is 1.91. The number of ether oxygens (including phenoxy) is 1. The average Bonchev–Trinajstić information content (AvgIpc) is 3.10. The van der Waals surface area contributed by atoms with Gasteiger partial charge in [-0.15, -0.1) is 5.10 Å². The molecule has 5 atom stereocenters. The number of aromatic nitrogens is 3. The van der Waals surface area contributed by atoms with E-state index in [9.17, 15) is 20.1 Å². The molecule has 4 N–H and O–H groups in total. The Kier molecular flexibility index (Phi) is 5.09. The first kappa shape index (κ1) is 17.5. The SMILES string of the molecule is CC(=O)N[C@@H]1[C@@H](O)[C@H](O)[C@@H](CO)O[C@H]1n1cc(-c2ccccc2)nn1. The number of nitrogens with zero attached hydrogens (tertiary/aromatic N) is 3. The van der Waals surface area contributed by atoms with Crippen molar-refractivity contribution in [1.29, 1.82) is 0 Å². The molecule has 1 aromatic carbocycles. The van der Waals surface area contributed by atoms with Crippen LogP contribution in [0.3, 0.4) is 0 Å². The molecule has 0 unspecified atom stereocenters. The van der Waals surface area contributed by atoms with Gasteiger partial charge in [0.1, 0.15) is 30.0 Å². The maximum atomic E-state index is 11.5. The van der Waals surface area contributed by atoms with Crippen molar-refractivity contribution in [3.63, 3.8) is 0 Å². The van der Waals surface area contributed by atoms with Gasteiger partial charge in [-0.3, -0.25) is 4.79 Å². The minimum atomic E-state index is -1.34. The van der Waals surface area contributed by atoms with Crippen LogP contribution in [0.2, 0.25) is 0 Å². The van der Waals surface area contributed by atoms with Gasteiger partial charge in [0, 0.05) is 12.5 Å². The summed E-state index contributed by atoms with van der Waals surface area (Å²) in [4.78, 5) is 11.5. The van der Waals surface area contributed by atoms with Crippen molar-refractivity contribution in [2.75, 3.05) is 6.61 Å². The number of aliphatic hydroxyl groups is 3. The molecule has 2 aromatic rings. The van der Waals surface area contributed by atoms with E-state index in [0.717, 1.165) is 5.56 Å². The smallest absolute Gasteiger partial charge is 0.217 e. The molecule has 2 heterocycles. The minimum absolute atomic E-state index is 0.393. The summed E-state index contributed by atoms with van der Waals surface area (Å²) in [5.41, 5.74) is 1.44. The Labute approximate surface area is 143 Å². The van der Waals surface area contributed by atoms with Gasteiger partial charge in [0.15, 0.2) is 6.23 Å². The molecule has 0 spiro atoms. The van der Waals surface area contributed by atoms with E-state index < -0.39 is 43.1 Å². The topological polar surface area (TPSA) is 130 Å². The summed E-state index contributed by atoms with van der Waals surface area (Å²) in [6, 6.07) is 8.42. The zero-order valence-corrected chi connectivity index (χ0v) is 13.6. The lowest BCUT2D eigenvalue weighted by atomic mass is 9.96. The monoisotopic (exact) mass is 348 g/mol. The molecule has 9 nitrogen and oxygen atoms in total. The van der Waals surface area contributed by atoms with E-state index in [0.29, 0.717) is 5.69 Å². The third-order valence-electron chi connectivity index (χ3n) is 4.11. The van der Waals surface area contributed by atoms with Crippen molar-refractivity contribution in [2.45, 2.75) is 37.5 Å². The fourth-order valence-corrected chi connectivity index (χ4v) is 2.86. The molecule has 1 aromatic heterocycles. The Hall–Kier alpha value is -2.33. The lowest BCUT2D eigenvalue weighted by Crippen LogP contribution is -2.62. The fourth-order valence-electron chi connectivity index (χ4n) is 2.86. The van der Waals surface area contributed by atoms with Gasteiger partial charge in [-0.2, -0.15) is 0 Å². The van der Waals surface area contributed by atoms with Crippen LogP contribution in [-0.2, 0) is 9.53 Å². The van der Waals surface area contributed by atoms with Crippen LogP contribution in [0, 0.1) is 0 Å². The second kappa shape index (κ2) is 7.28. The van der Waals surface area contributed by atoms with Crippen molar-refractivity contribution >= 4 is 5.91 Å². The van der Waals surface area contributed by atoms with Crippen LogP contribution in [-0.4, -0.2) is 67.2 Å². The molecule has 9 heteroatoms. The molecule has 0 radical (unpaired) electrons. The van der Waals surface area contributed by atoms with E-state index in [-0.39, 0.29) is 0 Å². The molecule has 0 aliphatic carbocycles. The maximum Gasteiger partial charge on any atom is 0.217 e. The summed E-state index contributed by atoms with van der Waals surface area (Å²) in [5.74, 6) is -0.393. The highest BCUT2D eigenvalue weighted by atomic mass is 16.5. The van der Waals surface area contributed by atoms with Crippen LogP contribution in [0.5, 0.6) is 0 Å². The van der Waals surface area contributed by atoms with Crippen LogP contribution in [0.15, 0.2) is 36.5 Å². The van der Waals surface area contributed by atoms with Gasteiger partial charge in [-0.05, 0) is 0 Å². The van der Waals surface area contributed by atoms with Gasteiger partial charge in [0.2, 0.25) is 5.91 Å². The number of rotatable bonds is 4. The summed E-state index contributed by atoms with van der Waals surface area (Å²) in [6.45, 7) is 0.812. The van der Waals surface area contributed by atoms with E-state index in [4.69, 9.17) is 4.74 Å². The van der Waals surface area contributed by atoms with Gasteiger partial charge in [-0.1, -0.05) is 35.5 Å². The second-order valence-corrected chi connectivity index (χ2v) is 5.90. The zero-order chi connectivity index (χ0) is 18.0. The molecule has 1 amide bonds. The third-order valence-corrected chi connectivity index (χ3v) is 4.11. The van der Waals surface area contributed by atoms with Crippen LogP contribution in [0.4, 0.5) is 0 Å². The van der Waals surface area contributed by atoms with Gasteiger partial charge >= 0.3 is 0 Å². The molecular weight excluding hydrogens is 328 g/mol. The summed E-state index contributed by atoms with van der Waals surface area (Å²) >= 11 is 0. The largest absolute Gasteiger partial charge is 0.394 e. The van der Waals surface area contributed by atoms with Crippen LogP contribution in [0.25, 0.3) is 11.3 Å². The van der Waals surface area contributed by atoms with Crippen molar-refractivity contribution < 1.29 is 24.9 Å². The molecular formula is C16H20N4O5. The fraction of sp³-hybridized carbons (Fsp3) is 0.438. The first-order chi connectivity index (χ1) is 12.0. The van der Waals surface area contributed by atoms with E-state index in [1.165, 1.54) is 11.6 Å². The quantitative estimate of drug-likeness (QED) is 0.561. The predicted octanol–water partition coefficient (Wildman–Crippen LogP) is -0.939. The Morgan fingerprint density at radius 3 is 2.64 bits per heavy atom. The first-order valence-electron chi connectivity index (χ1n) is 7.88. The van der Waals surface area contributed by atoms with E-state index >= 15 is 0 Å². The molecule has 1 fully saturated rings. The molecule has 1 aliphatic rings. The van der Waals surface area contributed by atoms with E-state index in [1.54, 1.807) is 6.20 Å². The normalized spacial score (nSPS) is 29.4. The Morgan fingerprint density at radius 2 is 2.00 bits per heavy atom. The summed E-state index contributed by atoms with van der Waals surface area (Å²) < 4.78 is 7.01. The molecule has 1 aliphatic heterocycles. The average molecular weight is 348 g/mol. The van der Waals surface area contributed by atoms with Crippen LogP contribution >= 0.6 is 0 Å². The zero-order valence-electron chi connectivity index (χ0n) is 13.6. The third kappa shape index (κ3) is 3.54. The van der Waals surface area contributed by atoms with Crippen LogP contribution < -0.4 is 5.32 Å². The van der Waals surface area contributed by atoms with Crippen LogP contribution in [0.1, 0.15) is 13.2 Å². The van der Waals surface area contributed by atoms with Crippen molar-refractivity contribution in [2.24, 2.45) is 0 Å². The van der Waals surface area contributed by atoms with Gasteiger partial charge in [0.25, 0.3) is 0 Å². The van der Waals surface area contributed by atoms with Gasteiger partial charge in [0.05, 0.1) is 12.8 Å².